The van der Waals surface area contributed by atoms with Crippen LogP contribution < -0.4 is 5.32 Å². The molecule has 0 unspecified atom stereocenters. The third-order valence-corrected chi connectivity index (χ3v) is 3.21. The first-order valence-corrected chi connectivity index (χ1v) is 6.92. The zero-order valence-electron chi connectivity index (χ0n) is 10.9. The second-order valence-corrected chi connectivity index (χ2v) is 5.13. The molecule has 1 aromatic heterocycles. The summed E-state index contributed by atoms with van der Waals surface area (Å²) in [5.74, 6) is 0. The fraction of sp³-hybridized carbons (Fsp3) is 0.333. The molecule has 0 spiro atoms. The SMILES string of the molecule is CCNCc1cn(Cc2ccc(Br)cc2[N+](=O)[O-])nn1. The van der Waals surface area contributed by atoms with Gasteiger partial charge in [0.25, 0.3) is 5.69 Å². The van der Waals surface area contributed by atoms with Crippen LogP contribution in [0.4, 0.5) is 5.69 Å². The molecule has 0 fully saturated rings. The van der Waals surface area contributed by atoms with E-state index in [-0.39, 0.29) is 5.69 Å². The van der Waals surface area contributed by atoms with Crippen molar-refractivity contribution in [2.24, 2.45) is 0 Å². The number of aromatic nitrogens is 3. The highest BCUT2D eigenvalue weighted by molar-refractivity contribution is 9.10. The molecule has 2 rings (SSSR count). The van der Waals surface area contributed by atoms with Gasteiger partial charge < -0.3 is 5.32 Å². The summed E-state index contributed by atoms with van der Waals surface area (Å²) in [6.45, 7) is 3.82. The third kappa shape index (κ3) is 3.61. The van der Waals surface area contributed by atoms with Gasteiger partial charge in [-0.25, -0.2) is 4.68 Å². The predicted molar refractivity (Wildman–Crippen MR) is 77.3 cm³/mol. The van der Waals surface area contributed by atoms with Crippen molar-refractivity contribution in [2.75, 3.05) is 6.54 Å². The lowest BCUT2D eigenvalue weighted by Gasteiger charge is -2.03. The second-order valence-electron chi connectivity index (χ2n) is 4.22. The Morgan fingerprint density at radius 2 is 2.30 bits per heavy atom. The third-order valence-electron chi connectivity index (χ3n) is 2.72. The lowest BCUT2D eigenvalue weighted by molar-refractivity contribution is -0.385. The van der Waals surface area contributed by atoms with E-state index in [1.807, 2.05) is 6.92 Å². The molecular formula is C12H14BrN5O2. The van der Waals surface area contributed by atoms with Gasteiger partial charge in [0.15, 0.2) is 0 Å². The maximum absolute atomic E-state index is 11.0. The molecule has 0 saturated carbocycles. The number of benzene rings is 1. The molecule has 20 heavy (non-hydrogen) atoms. The van der Waals surface area contributed by atoms with Gasteiger partial charge in [-0.05, 0) is 18.7 Å². The number of nitro benzene ring substituents is 1. The topological polar surface area (TPSA) is 85.9 Å². The monoisotopic (exact) mass is 339 g/mol. The summed E-state index contributed by atoms with van der Waals surface area (Å²) >= 11 is 3.24. The molecule has 106 valence electrons. The zero-order valence-corrected chi connectivity index (χ0v) is 12.5. The van der Waals surface area contributed by atoms with Crippen molar-refractivity contribution in [3.05, 3.63) is 50.2 Å². The van der Waals surface area contributed by atoms with Crippen LogP contribution in [0.15, 0.2) is 28.9 Å². The number of nitrogens with zero attached hydrogens (tertiary/aromatic N) is 4. The van der Waals surface area contributed by atoms with Crippen LogP contribution in [0.25, 0.3) is 0 Å². The summed E-state index contributed by atoms with van der Waals surface area (Å²) in [5, 5.41) is 22.2. The van der Waals surface area contributed by atoms with Gasteiger partial charge in [-0.2, -0.15) is 0 Å². The number of nitro groups is 1. The van der Waals surface area contributed by atoms with Gasteiger partial charge in [-0.15, -0.1) is 5.10 Å². The van der Waals surface area contributed by atoms with Crippen LogP contribution in [0.3, 0.4) is 0 Å². The van der Waals surface area contributed by atoms with Crippen molar-refractivity contribution < 1.29 is 4.92 Å². The van der Waals surface area contributed by atoms with Gasteiger partial charge in [-0.3, -0.25) is 10.1 Å². The predicted octanol–water partition coefficient (Wildman–Crippen LogP) is 2.11. The van der Waals surface area contributed by atoms with Crippen molar-refractivity contribution in [3.63, 3.8) is 0 Å². The quantitative estimate of drug-likeness (QED) is 0.643. The van der Waals surface area contributed by atoms with Crippen LogP contribution in [0.1, 0.15) is 18.2 Å². The zero-order chi connectivity index (χ0) is 14.5. The molecule has 0 bridgehead atoms. The number of hydrogen-bond acceptors (Lipinski definition) is 5. The summed E-state index contributed by atoms with van der Waals surface area (Å²) in [7, 11) is 0. The first-order valence-electron chi connectivity index (χ1n) is 6.12. The molecule has 7 nitrogen and oxygen atoms in total. The minimum absolute atomic E-state index is 0.0723. The van der Waals surface area contributed by atoms with Crippen molar-refractivity contribution in [3.8, 4) is 0 Å². The van der Waals surface area contributed by atoms with Gasteiger partial charge in [0.2, 0.25) is 0 Å². The first kappa shape index (κ1) is 14.6. The average Bonchev–Trinajstić information content (AvgIpc) is 2.86. The van der Waals surface area contributed by atoms with Gasteiger partial charge in [0.1, 0.15) is 0 Å². The van der Waals surface area contributed by atoms with E-state index in [0.717, 1.165) is 12.2 Å². The lowest BCUT2D eigenvalue weighted by Crippen LogP contribution is -2.11. The largest absolute Gasteiger partial charge is 0.311 e. The molecule has 0 atom stereocenters. The van der Waals surface area contributed by atoms with E-state index in [9.17, 15) is 10.1 Å². The number of hydrogen-bond donors (Lipinski definition) is 1. The van der Waals surface area contributed by atoms with Gasteiger partial charge in [0, 0.05) is 17.1 Å². The van der Waals surface area contributed by atoms with E-state index in [1.165, 1.54) is 6.07 Å². The Balaban J connectivity index is 2.17. The van der Waals surface area contributed by atoms with E-state index in [2.05, 4.69) is 31.6 Å². The van der Waals surface area contributed by atoms with E-state index in [1.54, 1.807) is 23.0 Å². The number of halogens is 1. The first-order chi connectivity index (χ1) is 9.60. The van der Waals surface area contributed by atoms with Crippen LogP contribution in [0.5, 0.6) is 0 Å². The molecular weight excluding hydrogens is 326 g/mol. The molecule has 0 amide bonds. The van der Waals surface area contributed by atoms with E-state index in [0.29, 0.717) is 23.1 Å². The minimum atomic E-state index is -0.392. The Kier molecular flexibility index (Phi) is 4.80. The summed E-state index contributed by atoms with van der Waals surface area (Å²) in [6.07, 6.45) is 1.79. The Morgan fingerprint density at radius 3 is 3.00 bits per heavy atom. The van der Waals surface area contributed by atoms with Gasteiger partial charge >= 0.3 is 0 Å². The van der Waals surface area contributed by atoms with Crippen molar-refractivity contribution in [2.45, 2.75) is 20.0 Å². The fourth-order valence-corrected chi connectivity index (χ4v) is 2.11. The average molecular weight is 340 g/mol. The normalized spacial score (nSPS) is 10.7. The van der Waals surface area contributed by atoms with Gasteiger partial charge in [-0.1, -0.05) is 28.1 Å². The van der Waals surface area contributed by atoms with Crippen LogP contribution in [-0.2, 0) is 13.1 Å². The highest BCUT2D eigenvalue weighted by atomic mass is 79.9. The highest BCUT2D eigenvalue weighted by Gasteiger charge is 2.15. The number of nitrogens with one attached hydrogen (secondary N) is 1. The minimum Gasteiger partial charge on any atom is -0.311 e. The molecule has 2 aromatic rings. The summed E-state index contributed by atoms with van der Waals surface area (Å²) in [5.41, 5.74) is 1.48. The van der Waals surface area contributed by atoms with E-state index in [4.69, 9.17) is 0 Å². The summed E-state index contributed by atoms with van der Waals surface area (Å²) < 4.78 is 2.28. The molecule has 1 heterocycles. The fourth-order valence-electron chi connectivity index (χ4n) is 1.77. The highest BCUT2D eigenvalue weighted by Crippen LogP contribution is 2.24. The summed E-state index contributed by atoms with van der Waals surface area (Å²) in [4.78, 5) is 10.6. The van der Waals surface area contributed by atoms with Gasteiger partial charge in [0.05, 0.1) is 28.9 Å². The molecule has 1 N–H and O–H groups in total. The van der Waals surface area contributed by atoms with E-state index >= 15 is 0 Å². The Morgan fingerprint density at radius 1 is 1.50 bits per heavy atom. The molecule has 0 aliphatic heterocycles. The molecule has 0 aliphatic carbocycles. The Bertz CT molecular complexity index is 614. The van der Waals surface area contributed by atoms with Crippen LogP contribution in [0, 0.1) is 10.1 Å². The second kappa shape index (κ2) is 6.58. The van der Waals surface area contributed by atoms with Crippen molar-refractivity contribution >= 4 is 21.6 Å². The van der Waals surface area contributed by atoms with Crippen molar-refractivity contribution in [1.29, 1.82) is 0 Å². The Labute approximate surface area is 124 Å². The van der Waals surface area contributed by atoms with Crippen LogP contribution in [0.2, 0.25) is 0 Å². The Hall–Kier alpha value is -1.80. The molecule has 0 radical (unpaired) electrons. The van der Waals surface area contributed by atoms with E-state index < -0.39 is 4.92 Å². The van der Waals surface area contributed by atoms with Crippen LogP contribution in [-0.4, -0.2) is 26.5 Å². The van der Waals surface area contributed by atoms with Crippen molar-refractivity contribution in [1.82, 2.24) is 20.3 Å². The molecule has 0 saturated heterocycles. The number of rotatable bonds is 6. The molecule has 0 aliphatic rings. The smallest absolute Gasteiger partial charge is 0.275 e. The maximum atomic E-state index is 11.0. The standard InChI is InChI=1S/C12H14BrN5O2/c1-2-14-6-11-8-17(16-15-11)7-9-3-4-10(13)5-12(9)18(19)20/h3-5,8,14H,2,6-7H2,1H3. The molecule has 8 heteroatoms. The maximum Gasteiger partial charge on any atom is 0.275 e. The summed E-state index contributed by atoms with van der Waals surface area (Å²) in [6, 6.07) is 4.98. The lowest BCUT2D eigenvalue weighted by atomic mass is 10.2. The van der Waals surface area contributed by atoms with Crippen LogP contribution >= 0.6 is 15.9 Å². The molecule has 1 aromatic carbocycles.